The fourth-order valence-corrected chi connectivity index (χ4v) is 1.12. The van der Waals surface area contributed by atoms with Crippen LogP contribution in [0.1, 0.15) is 6.92 Å². The molecule has 0 aromatic heterocycles. The van der Waals surface area contributed by atoms with Gasteiger partial charge in [-0.05, 0) is 19.1 Å². The Kier molecular flexibility index (Phi) is 3.87. The Morgan fingerprint density at radius 2 is 1.88 bits per heavy atom. The van der Waals surface area contributed by atoms with Crippen molar-refractivity contribution in [1.29, 1.82) is 0 Å². The number of ether oxygens (including phenoxy) is 3. The van der Waals surface area contributed by atoms with Crippen LogP contribution < -0.4 is 14.2 Å². The molecule has 0 saturated carbocycles. The van der Waals surface area contributed by atoms with Gasteiger partial charge in [0.2, 0.25) is 0 Å². The average Bonchev–Trinajstić information content (AvgIpc) is 2.16. The van der Waals surface area contributed by atoms with E-state index in [4.69, 9.17) is 9.47 Å². The molecule has 16 heavy (non-hydrogen) atoms. The molecule has 0 fully saturated rings. The normalized spacial score (nSPS) is 11.1. The van der Waals surface area contributed by atoms with Gasteiger partial charge in [-0.25, -0.2) is 0 Å². The van der Waals surface area contributed by atoms with E-state index in [0.29, 0.717) is 12.4 Å². The van der Waals surface area contributed by atoms with Crippen LogP contribution in [0.3, 0.4) is 0 Å². The SMILES string of the molecule is CCOc1ccc(OC)c(OC(F)(F)F)c1. The molecule has 0 aliphatic heterocycles. The molecule has 90 valence electrons. The van der Waals surface area contributed by atoms with Crippen LogP contribution in [0.15, 0.2) is 18.2 Å². The molecule has 0 N–H and O–H groups in total. The van der Waals surface area contributed by atoms with Crippen LogP contribution in [0.5, 0.6) is 17.2 Å². The Balaban J connectivity index is 2.97. The van der Waals surface area contributed by atoms with E-state index in [2.05, 4.69) is 4.74 Å². The van der Waals surface area contributed by atoms with Crippen LogP contribution in [0, 0.1) is 0 Å². The van der Waals surface area contributed by atoms with E-state index in [1.54, 1.807) is 6.92 Å². The van der Waals surface area contributed by atoms with Crippen molar-refractivity contribution < 1.29 is 27.4 Å². The zero-order chi connectivity index (χ0) is 12.2. The van der Waals surface area contributed by atoms with Gasteiger partial charge in [-0.1, -0.05) is 0 Å². The minimum absolute atomic E-state index is 0.000720. The summed E-state index contributed by atoms with van der Waals surface area (Å²) < 4.78 is 49.8. The second kappa shape index (κ2) is 4.96. The van der Waals surface area contributed by atoms with Crippen LogP contribution in [0.2, 0.25) is 0 Å². The van der Waals surface area contributed by atoms with E-state index in [1.807, 2.05) is 0 Å². The molecule has 1 aromatic carbocycles. The smallest absolute Gasteiger partial charge is 0.494 e. The molecule has 0 amide bonds. The molecule has 0 aliphatic rings. The first-order chi connectivity index (χ1) is 7.46. The van der Waals surface area contributed by atoms with Crippen LogP contribution in [0.25, 0.3) is 0 Å². The summed E-state index contributed by atoms with van der Waals surface area (Å²) in [5, 5.41) is 0. The lowest BCUT2D eigenvalue weighted by Gasteiger charge is -2.13. The number of hydrogen-bond acceptors (Lipinski definition) is 3. The summed E-state index contributed by atoms with van der Waals surface area (Å²) in [6, 6.07) is 3.99. The highest BCUT2D eigenvalue weighted by atomic mass is 19.4. The molecular weight excluding hydrogens is 225 g/mol. The van der Waals surface area contributed by atoms with E-state index in [-0.39, 0.29) is 5.75 Å². The van der Waals surface area contributed by atoms with Gasteiger partial charge in [0.15, 0.2) is 11.5 Å². The maximum Gasteiger partial charge on any atom is 0.573 e. The predicted octanol–water partition coefficient (Wildman–Crippen LogP) is 2.99. The molecule has 0 atom stereocenters. The van der Waals surface area contributed by atoms with Gasteiger partial charge >= 0.3 is 6.36 Å². The fraction of sp³-hybridized carbons (Fsp3) is 0.400. The quantitative estimate of drug-likeness (QED) is 0.804. The summed E-state index contributed by atoms with van der Waals surface area (Å²) in [6.45, 7) is 2.09. The summed E-state index contributed by atoms with van der Waals surface area (Å²) in [5.41, 5.74) is 0. The van der Waals surface area contributed by atoms with Crippen LogP contribution in [0.4, 0.5) is 13.2 Å². The van der Waals surface area contributed by atoms with E-state index < -0.39 is 12.1 Å². The van der Waals surface area contributed by atoms with E-state index in [0.717, 1.165) is 6.07 Å². The van der Waals surface area contributed by atoms with Crippen LogP contribution in [-0.2, 0) is 0 Å². The highest BCUT2D eigenvalue weighted by molar-refractivity contribution is 5.45. The summed E-state index contributed by atoms with van der Waals surface area (Å²) in [7, 11) is 1.26. The first-order valence-corrected chi connectivity index (χ1v) is 4.53. The zero-order valence-corrected chi connectivity index (χ0v) is 8.80. The molecular formula is C10H11F3O3. The molecule has 6 heteroatoms. The molecule has 0 unspecified atom stereocenters. The van der Waals surface area contributed by atoms with Gasteiger partial charge in [0.25, 0.3) is 0 Å². The van der Waals surface area contributed by atoms with Crippen molar-refractivity contribution in [3.63, 3.8) is 0 Å². The van der Waals surface area contributed by atoms with Crippen molar-refractivity contribution in [3.05, 3.63) is 18.2 Å². The van der Waals surface area contributed by atoms with Crippen LogP contribution in [-0.4, -0.2) is 20.1 Å². The van der Waals surface area contributed by atoms with Gasteiger partial charge in [0.1, 0.15) is 5.75 Å². The second-order valence-corrected chi connectivity index (χ2v) is 2.79. The topological polar surface area (TPSA) is 27.7 Å². The number of benzene rings is 1. The van der Waals surface area contributed by atoms with Crippen LogP contribution >= 0.6 is 0 Å². The van der Waals surface area contributed by atoms with Gasteiger partial charge < -0.3 is 14.2 Å². The lowest BCUT2D eigenvalue weighted by molar-refractivity contribution is -0.275. The average molecular weight is 236 g/mol. The highest BCUT2D eigenvalue weighted by Gasteiger charge is 2.32. The van der Waals surface area contributed by atoms with Crippen molar-refractivity contribution in [1.82, 2.24) is 0 Å². The molecule has 0 radical (unpaired) electrons. The summed E-state index contributed by atoms with van der Waals surface area (Å²) in [6.07, 6.45) is -4.75. The lowest BCUT2D eigenvalue weighted by atomic mass is 10.3. The van der Waals surface area contributed by atoms with Crippen molar-refractivity contribution >= 4 is 0 Å². The molecule has 1 aromatic rings. The summed E-state index contributed by atoms with van der Waals surface area (Å²) in [4.78, 5) is 0. The van der Waals surface area contributed by atoms with Crippen molar-refractivity contribution in [2.75, 3.05) is 13.7 Å². The third-order valence-electron chi connectivity index (χ3n) is 1.67. The first kappa shape index (κ1) is 12.5. The number of hydrogen-bond donors (Lipinski definition) is 0. The number of methoxy groups -OCH3 is 1. The maximum atomic E-state index is 12.1. The van der Waals surface area contributed by atoms with E-state index in [9.17, 15) is 13.2 Å². The Labute approximate surface area is 90.7 Å². The highest BCUT2D eigenvalue weighted by Crippen LogP contribution is 2.35. The molecule has 1 rings (SSSR count). The number of rotatable bonds is 4. The van der Waals surface area contributed by atoms with Gasteiger partial charge in [0.05, 0.1) is 13.7 Å². The minimum atomic E-state index is -4.75. The Morgan fingerprint density at radius 3 is 2.38 bits per heavy atom. The molecule has 0 aliphatic carbocycles. The predicted molar refractivity (Wildman–Crippen MR) is 50.8 cm³/mol. The monoisotopic (exact) mass is 236 g/mol. The first-order valence-electron chi connectivity index (χ1n) is 4.53. The third-order valence-corrected chi connectivity index (χ3v) is 1.67. The van der Waals surface area contributed by atoms with Crippen molar-refractivity contribution in [3.8, 4) is 17.2 Å². The lowest BCUT2D eigenvalue weighted by Crippen LogP contribution is -2.17. The Hall–Kier alpha value is -1.59. The van der Waals surface area contributed by atoms with Gasteiger partial charge in [-0.15, -0.1) is 13.2 Å². The molecule has 0 bridgehead atoms. The molecule has 3 nitrogen and oxygen atoms in total. The summed E-state index contributed by atoms with van der Waals surface area (Å²) >= 11 is 0. The van der Waals surface area contributed by atoms with Gasteiger partial charge in [-0.2, -0.15) is 0 Å². The van der Waals surface area contributed by atoms with Crippen molar-refractivity contribution in [2.45, 2.75) is 13.3 Å². The third kappa shape index (κ3) is 3.52. The minimum Gasteiger partial charge on any atom is -0.494 e. The standard InChI is InChI=1S/C10H11F3O3/c1-3-15-7-4-5-8(14-2)9(6-7)16-10(11,12)13/h4-6H,3H2,1-2H3. The number of alkyl halides is 3. The maximum absolute atomic E-state index is 12.1. The Morgan fingerprint density at radius 1 is 1.19 bits per heavy atom. The number of halogens is 3. The molecule has 0 spiro atoms. The zero-order valence-electron chi connectivity index (χ0n) is 8.80. The van der Waals surface area contributed by atoms with Gasteiger partial charge in [0, 0.05) is 6.07 Å². The molecule has 0 heterocycles. The summed E-state index contributed by atoms with van der Waals surface area (Å²) in [5.74, 6) is -0.121. The molecule has 0 saturated heterocycles. The largest absolute Gasteiger partial charge is 0.573 e. The van der Waals surface area contributed by atoms with E-state index in [1.165, 1.54) is 19.2 Å². The Bertz CT molecular complexity index is 350. The van der Waals surface area contributed by atoms with E-state index >= 15 is 0 Å². The van der Waals surface area contributed by atoms with Crippen molar-refractivity contribution in [2.24, 2.45) is 0 Å². The second-order valence-electron chi connectivity index (χ2n) is 2.79. The fourth-order valence-electron chi connectivity index (χ4n) is 1.12. The van der Waals surface area contributed by atoms with Gasteiger partial charge in [-0.3, -0.25) is 0 Å².